The van der Waals surface area contributed by atoms with Gasteiger partial charge >= 0.3 is 11.9 Å². The molecule has 0 bridgehead atoms. The maximum absolute atomic E-state index is 14.6. The molecule has 244 valence electrons. The van der Waals surface area contributed by atoms with Gasteiger partial charge < -0.3 is 36.3 Å². The summed E-state index contributed by atoms with van der Waals surface area (Å²) in [6, 6.07) is 4.54. The standard InChI is InChI=1S/C28H22F2N6O9S2/c29-14-9-13(16(30)21(38)20(14)37)22(27(43)44)45-34-17(15-11-47-28(31)32-15)23(39)33-18-24(40)36-19(26(41)42)12(10-46-25(18)36)5-4-8-35-6-2-1-3-7-35/h1-7,9,11,18,22,25H,8,10H2,(H6-,31,32,33,34,37,38,39,41,42,43,44)/p+1. The number of fused-ring (bicyclic) bond motifs is 1. The van der Waals surface area contributed by atoms with E-state index in [1.54, 1.807) is 12.2 Å². The van der Waals surface area contributed by atoms with Crippen LogP contribution in [-0.2, 0) is 30.6 Å². The number of nitrogens with two attached hydrogens (primary N) is 1. The molecule has 15 nitrogen and oxygen atoms in total. The van der Waals surface area contributed by atoms with Crippen molar-refractivity contribution in [1.82, 2.24) is 15.2 Å². The van der Waals surface area contributed by atoms with E-state index in [1.165, 1.54) is 17.1 Å². The lowest BCUT2D eigenvalue weighted by Gasteiger charge is -2.49. The van der Waals surface area contributed by atoms with Crippen LogP contribution in [-0.4, -0.2) is 76.9 Å². The molecule has 47 heavy (non-hydrogen) atoms. The van der Waals surface area contributed by atoms with E-state index in [4.69, 9.17) is 10.6 Å². The maximum atomic E-state index is 14.6. The third kappa shape index (κ3) is 6.56. The van der Waals surface area contributed by atoms with Crippen LogP contribution < -0.4 is 15.6 Å². The largest absolute Gasteiger partial charge is 0.502 e. The van der Waals surface area contributed by atoms with Gasteiger partial charge in [0.2, 0.25) is 0 Å². The Morgan fingerprint density at radius 3 is 2.57 bits per heavy atom. The predicted molar refractivity (Wildman–Crippen MR) is 160 cm³/mol. The van der Waals surface area contributed by atoms with Gasteiger partial charge in [-0.3, -0.25) is 14.5 Å². The number of phenols is 2. The number of hydrogen-bond donors (Lipinski definition) is 6. The number of oxime groups is 1. The predicted octanol–water partition coefficient (Wildman–Crippen LogP) is 1.24. The number of β-lactam (4-membered cyclic amide) rings is 1. The van der Waals surface area contributed by atoms with Crippen LogP contribution in [0.25, 0.3) is 0 Å². The average Bonchev–Trinajstić information content (AvgIpc) is 3.48. The molecule has 0 spiro atoms. The summed E-state index contributed by atoms with van der Waals surface area (Å²) < 4.78 is 30.4. The molecule has 1 saturated heterocycles. The van der Waals surface area contributed by atoms with Crippen molar-refractivity contribution in [2.24, 2.45) is 5.16 Å². The summed E-state index contributed by atoms with van der Waals surface area (Å²) in [4.78, 5) is 60.5. The number of phenolic OH excluding ortho intramolecular Hbond substituents is 2. The van der Waals surface area contributed by atoms with E-state index in [0.29, 0.717) is 12.1 Å². The van der Waals surface area contributed by atoms with Gasteiger partial charge in [0, 0.05) is 28.8 Å². The van der Waals surface area contributed by atoms with Gasteiger partial charge in [0.05, 0.1) is 0 Å². The van der Waals surface area contributed by atoms with Crippen LogP contribution in [0.3, 0.4) is 0 Å². The molecule has 2 amide bonds. The Kier molecular flexibility index (Phi) is 9.38. The van der Waals surface area contributed by atoms with Gasteiger partial charge in [-0.1, -0.05) is 17.3 Å². The number of rotatable bonds is 11. The highest BCUT2D eigenvalue weighted by Gasteiger charge is 2.54. The number of aliphatic carboxylic acids is 2. The van der Waals surface area contributed by atoms with E-state index in [1.807, 2.05) is 35.2 Å². The first-order chi connectivity index (χ1) is 22.4. The number of amides is 2. The molecular formula is C28H23F2N6O9S2+. The van der Waals surface area contributed by atoms with E-state index >= 15 is 0 Å². The minimum Gasteiger partial charge on any atom is -0.502 e. The Morgan fingerprint density at radius 2 is 1.94 bits per heavy atom. The van der Waals surface area contributed by atoms with Crippen LogP contribution in [0, 0.1) is 11.6 Å². The van der Waals surface area contributed by atoms with Gasteiger partial charge in [-0.25, -0.2) is 27.9 Å². The van der Waals surface area contributed by atoms with E-state index in [-0.39, 0.29) is 28.3 Å². The molecule has 7 N–H and O–H groups in total. The lowest BCUT2D eigenvalue weighted by Crippen LogP contribution is -2.71. The summed E-state index contributed by atoms with van der Waals surface area (Å²) in [5, 5.41) is 44.9. The van der Waals surface area contributed by atoms with Crippen molar-refractivity contribution in [3.63, 3.8) is 0 Å². The lowest BCUT2D eigenvalue weighted by molar-refractivity contribution is -0.687. The zero-order chi connectivity index (χ0) is 34.0. The summed E-state index contributed by atoms with van der Waals surface area (Å²) in [5.41, 5.74) is 3.77. The number of nitrogen functional groups attached to an aromatic ring is 1. The minimum absolute atomic E-state index is 0.0388. The number of hydrogen-bond acceptors (Lipinski definition) is 12. The molecule has 2 aliphatic heterocycles. The third-order valence-corrected chi connectivity index (χ3v) is 8.81. The minimum atomic E-state index is -2.43. The van der Waals surface area contributed by atoms with Gasteiger partial charge in [0.25, 0.3) is 17.9 Å². The normalized spacial score (nSPS) is 18.5. The molecule has 4 heterocycles. The zero-order valence-electron chi connectivity index (χ0n) is 23.6. The average molecular weight is 690 g/mol. The molecular weight excluding hydrogens is 666 g/mol. The first-order valence-electron chi connectivity index (χ1n) is 13.3. The van der Waals surface area contributed by atoms with E-state index in [2.05, 4.69) is 15.5 Å². The highest BCUT2D eigenvalue weighted by Crippen LogP contribution is 2.41. The second kappa shape index (κ2) is 13.4. The number of aromatic hydroxyl groups is 2. The molecule has 0 aliphatic carbocycles. The van der Waals surface area contributed by atoms with Crippen LogP contribution in [0.5, 0.6) is 11.5 Å². The first-order valence-corrected chi connectivity index (χ1v) is 15.2. The van der Waals surface area contributed by atoms with Gasteiger partial charge in [0.15, 0.2) is 52.9 Å². The smallest absolute Gasteiger partial charge is 0.352 e. The maximum Gasteiger partial charge on any atom is 0.352 e. The third-order valence-electron chi connectivity index (χ3n) is 6.83. The van der Waals surface area contributed by atoms with Crippen molar-refractivity contribution in [1.29, 1.82) is 0 Å². The van der Waals surface area contributed by atoms with Crippen molar-refractivity contribution in [2.75, 3.05) is 11.5 Å². The Balaban J connectivity index is 1.38. The number of nitrogens with zero attached hydrogens (tertiary/aromatic N) is 4. The molecule has 0 radical (unpaired) electrons. The lowest BCUT2D eigenvalue weighted by atomic mass is 10.0. The molecule has 3 unspecified atom stereocenters. The zero-order valence-corrected chi connectivity index (χ0v) is 25.2. The molecule has 0 saturated carbocycles. The van der Waals surface area contributed by atoms with Crippen LogP contribution in [0.15, 0.2) is 70.6 Å². The van der Waals surface area contributed by atoms with Gasteiger partial charge in [-0.15, -0.1) is 23.1 Å². The summed E-state index contributed by atoms with van der Waals surface area (Å²) in [6.45, 7) is 0.446. The molecule has 2 aromatic heterocycles. The monoisotopic (exact) mass is 689 g/mol. The number of halogens is 2. The van der Waals surface area contributed by atoms with E-state index in [9.17, 15) is 48.4 Å². The van der Waals surface area contributed by atoms with Crippen molar-refractivity contribution in [3.05, 3.63) is 88.4 Å². The Hall–Kier alpha value is -5.56. The summed E-state index contributed by atoms with van der Waals surface area (Å²) >= 11 is 2.05. The van der Waals surface area contributed by atoms with Crippen LogP contribution >= 0.6 is 23.1 Å². The number of carbonyl (C=O) groups is 4. The summed E-state index contributed by atoms with van der Waals surface area (Å²) in [6.07, 6.45) is 4.58. The van der Waals surface area contributed by atoms with E-state index in [0.717, 1.165) is 16.2 Å². The highest BCUT2D eigenvalue weighted by molar-refractivity contribution is 8.00. The number of anilines is 1. The quantitative estimate of drug-likeness (QED) is 0.0550. The second-order valence-corrected chi connectivity index (χ2v) is 11.8. The number of thioether (sulfide) groups is 1. The fraction of sp³-hybridized carbons (Fsp3) is 0.179. The fourth-order valence-corrected chi connectivity index (χ4v) is 6.47. The molecule has 1 fully saturated rings. The molecule has 2 aliphatic rings. The number of benzene rings is 1. The van der Waals surface area contributed by atoms with Crippen LogP contribution in [0.2, 0.25) is 0 Å². The van der Waals surface area contributed by atoms with Crippen LogP contribution in [0.4, 0.5) is 13.9 Å². The fourth-order valence-electron chi connectivity index (χ4n) is 4.61. The molecule has 19 heteroatoms. The number of carboxylic acid groups (broad SMARTS) is 2. The topological polar surface area (TPSA) is 229 Å². The highest BCUT2D eigenvalue weighted by atomic mass is 32.2. The Labute approximate surface area is 270 Å². The van der Waals surface area contributed by atoms with Gasteiger partial charge in [0.1, 0.15) is 22.8 Å². The number of carboxylic acids is 2. The molecule has 3 aromatic rings. The number of aromatic nitrogens is 2. The van der Waals surface area contributed by atoms with Gasteiger partial charge in [-0.2, -0.15) is 0 Å². The first kappa shape index (κ1) is 32.8. The van der Waals surface area contributed by atoms with Crippen molar-refractivity contribution >= 4 is 57.7 Å². The number of carbonyl (C=O) groups excluding carboxylic acids is 2. The number of allylic oxidation sites excluding steroid dienone is 2. The second-order valence-electron chi connectivity index (χ2n) is 9.81. The number of pyridine rings is 1. The van der Waals surface area contributed by atoms with Crippen molar-refractivity contribution in [3.8, 4) is 11.5 Å². The molecule has 3 atom stereocenters. The van der Waals surface area contributed by atoms with Gasteiger partial charge in [-0.05, 0) is 17.7 Å². The van der Waals surface area contributed by atoms with Crippen molar-refractivity contribution < 1.29 is 57.8 Å². The molecule has 1 aromatic carbocycles. The van der Waals surface area contributed by atoms with E-state index < -0.39 is 75.7 Å². The summed E-state index contributed by atoms with van der Waals surface area (Å²) in [5.74, 6) is -11.3. The Morgan fingerprint density at radius 1 is 1.21 bits per heavy atom. The van der Waals surface area contributed by atoms with Crippen LogP contribution in [0.1, 0.15) is 17.4 Å². The molecule has 5 rings (SSSR count). The Bertz CT molecular complexity index is 1870. The number of nitrogens with one attached hydrogen (secondary N) is 1. The SMILES string of the molecule is Nc1nc(C(=NOC(C(=O)O)c2cc(F)c(O)c(O)c2F)C(=O)NC2C(=O)N3C(C(=O)O)=C(C=CC[n+]4ccccc4)CSC23)cs1. The number of thiazole rings is 1. The van der Waals surface area contributed by atoms with Crippen molar-refractivity contribution in [2.45, 2.75) is 24.1 Å². The summed E-state index contributed by atoms with van der Waals surface area (Å²) in [7, 11) is 0.